The zero-order valence-corrected chi connectivity index (χ0v) is 18.7. The lowest BCUT2D eigenvalue weighted by atomic mass is 9.78. The molecule has 1 saturated carbocycles. The number of carbonyl (C=O) groups excluding carboxylic acids is 1. The van der Waals surface area contributed by atoms with Crippen LogP contribution in [0, 0.1) is 19.8 Å². The Hall–Kier alpha value is -2.76. The second kappa shape index (κ2) is 9.58. The standard InChI is InChI=1S/C25H32N2O4/c1-17-21(18(2)31-26-17)16-30-23-12-10-19(15-24(23)29-3)11-13-25(28)27-14-6-8-20-7-4-5-9-22(20)27/h10-13,15,20,22H,4-9,14,16H2,1-3H3/b13-11+/t20-,22+/m1/s1. The van der Waals surface area contributed by atoms with E-state index in [2.05, 4.69) is 10.1 Å². The molecule has 1 aromatic carbocycles. The maximum absolute atomic E-state index is 12.9. The van der Waals surface area contributed by atoms with Crippen LogP contribution in [0.1, 0.15) is 61.1 Å². The number of amides is 1. The largest absolute Gasteiger partial charge is 0.493 e. The molecular weight excluding hydrogens is 392 g/mol. The van der Waals surface area contributed by atoms with Crippen molar-refractivity contribution in [2.45, 2.75) is 65.0 Å². The van der Waals surface area contributed by atoms with Gasteiger partial charge in [0.05, 0.1) is 18.4 Å². The van der Waals surface area contributed by atoms with E-state index in [0.717, 1.165) is 42.0 Å². The second-order valence-electron chi connectivity index (χ2n) is 8.62. The third kappa shape index (κ3) is 4.78. The quantitative estimate of drug-likeness (QED) is 0.606. The molecule has 0 radical (unpaired) electrons. The zero-order chi connectivity index (χ0) is 21.8. The number of hydrogen-bond donors (Lipinski definition) is 0. The minimum absolute atomic E-state index is 0.120. The van der Waals surface area contributed by atoms with Crippen LogP contribution in [0.15, 0.2) is 28.8 Å². The van der Waals surface area contributed by atoms with Gasteiger partial charge < -0.3 is 18.9 Å². The summed E-state index contributed by atoms with van der Waals surface area (Å²) in [6, 6.07) is 6.13. The Morgan fingerprint density at radius 1 is 1.19 bits per heavy atom. The lowest BCUT2D eigenvalue weighted by Crippen LogP contribution is -2.49. The second-order valence-corrected chi connectivity index (χ2v) is 8.62. The molecule has 2 fully saturated rings. The number of aromatic nitrogens is 1. The van der Waals surface area contributed by atoms with Crippen molar-refractivity contribution in [3.8, 4) is 11.5 Å². The number of benzene rings is 1. The minimum Gasteiger partial charge on any atom is -0.493 e. The summed E-state index contributed by atoms with van der Waals surface area (Å²) in [5.74, 6) is 2.84. The molecule has 0 unspecified atom stereocenters. The van der Waals surface area contributed by atoms with Crippen LogP contribution < -0.4 is 9.47 Å². The van der Waals surface area contributed by atoms with E-state index in [9.17, 15) is 4.79 Å². The van der Waals surface area contributed by atoms with Crippen molar-refractivity contribution < 1.29 is 18.8 Å². The topological polar surface area (TPSA) is 64.8 Å². The molecule has 2 aromatic rings. The maximum Gasteiger partial charge on any atom is 0.246 e. The lowest BCUT2D eigenvalue weighted by molar-refractivity contribution is -0.132. The number of rotatable bonds is 6. The first kappa shape index (κ1) is 21.5. The average molecular weight is 425 g/mol. The van der Waals surface area contributed by atoms with E-state index in [1.807, 2.05) is 38.1 Å². The highest BCUT2D eigenvalue weighted by molar-refractivity contribution is 5.92. The van der Waals surface area contributed by atoms with Crippen LogP contribution in [0.2, 0.25) is 0 Å². The molecule has 1 amide bonds. The Labute approximate surface area is 184 Å². The van der Waals surface area contributed by atoms with Gasteiger partial charge in [0, 0.05) is 18.7 Å². The molecule has 1 aliphatic carbocycles. The Morgan fingerprint density at radius 3 is 2.77 bits per heavy atom. The van der Waals surface area contributed by atoms with Crippen LogP contribution in [-0.2, 0) is 11.4 Å². The van der Waals surface area contributed by atoms with Gasteiger partial charge in [-0.1, -0.05) is 24.1 Å². The highest BCUT2D eigenvalue weighted by Gasteiger charge is 2.34. The average Bonchev–Trinajstić information content (AvgIpc) is 3.12. The molecule has 6 nitrogen and oxygen atoms in total. The van der Waals surface area contributed by atoms with Gasteiger partial charge in [-0.3, -0.25) is 4.79 Å². The lowest BCUT2D eigenvalue weighted by Gasteiger charge is -2.43. The highest BCUT2D eigenvalue weighted by atomic mass is 16.5. The first-order valence-electron chi connectivity index (χ1n) is 11.3. The van der Waals surface area contributed by atoms with E-state index in [-0.39, 0.29) is 5.91 Å². The molecule has 0 N–H and O–H groups in total. The SMILES string of the molecule is COc1cc(/C=C/C(=O)N2CCC[C@H]3CCCC[C@@H]32)ccc1OCc1c(C)noc1C. The van der Waals surface area contributed by atoms with Crippen LogP contribution in [0.25, 0.3) is 6.08 Å². The van der Waals surface area contributed by atoms with Crippen LogP contribution in [-0.4, -0.2) is 35.7 Å². The minimum atomic E-state index is 0.120. The van der Waals surface area contributed by atoms with Crippen molar-refractivity contribution in [2.75, 3.05) is 13.7 Å². The van der Waals surface area contributed by atoms with Gasteiger partial charge >= 0.3 is 0 Å². The van der Waals surface area contributed by atoms with Gasteiger partial charge in [0.15, 0.2) is 11.5 Å². The van der Waals surface area contributed by atoms with E-state index in [4.69, 9.17) is 14.0 Å². The number of piperidine rings is 1. The third-order valence-electron chi connectivity index (χ3n) is 6.69. The Kier molecular flexibility index (Phi) is 6.64. The van der Waals surface area contributed by atoms with Crippen LogP contribution in [0.4, 0.5) is 0 Å². The molecule has 0 bridgehead atoms. The van der Waals surface area contributed by atoms with E-state index >= 15 is 0 Å². The summed E-state index contributed by atoms with van der Waals surface area (Å²) < 4.78 is 16.7. The van der Waals surface area contributed by atoms with E-state index < -0.39 is 0 Å². The normalized spacial score (nSPS) is 21.2. The van der Waals surface area contributed by atoms with Crippen molar-refractivity contribution in [3.05, 3.63) is 46.9 Å². The molecular formula is C25H32N2O4. The van der Waals surface area contributed by atoms with Gasteiger partial charge in [-0.05, 0) is 69.2 Å². The summed E-state index contributed by atoms with van der Waals surface area (Å²) in [7, 11) is 1.62. The molecule has 1 saturated heterocycles. The number of likely N-dealkylation sites (tertiary alicyclic amines) is 1. The predicted octanol–water partition coefficient (Wildman–Crippen LogP) is 5.07. The monoisotopic (exact) mass is 424 g/mol. The molecule has 2 atom stereocenters. The molecule has 2 aliphatic rings. The third-order valence-corrected chi connectivity index (χ3v) is 6.69. The van der Waals surface area contributed by atoms with Crippen molar-refractivity contribution in [2.24, 2.45) is 5.92 Å². The molecule has 1 aromatic heterocycles. The molecule has 1 aliphatic heterocycles. The summed E-state index contributed by atoms with van der Waals surface area (Å²) in [6.07, 6.45) is 10.9. The molecule has 2 heterocycles. The number of hydrogen-bond acceptors (Lipinski definition) is 5. The smallest absolute Gasteiger partial charge is 0.246 e. The Morgan fingerprint density at radius 2 is 2.00 bits per heavy atom. The molecule has 6 heteroatoms. The summed E-state index contributed by atoms with van der Waals surface area (Å²) in [6.45, 7) is 5.01. The van der Waals surface area contributed by atoms with E-state index in [1.54, 1.807) is 13.2 Å². The molecule has 0 spiro atoms. The maximum atomic E-state index is 12.9. The Balaban J connectivity index is 1.42. The number of nitrogens with zero attached hydrogens (tertiary/aromatic N) is 2. The first-order valence-corrected chi connectivity index (χ1v) is 11.3. The summed E-state index contributed by atoms with van der Waals surface area (Å²) in [5, 5.41) is 3.96. The van der Waals surface area contributed by atoms with E-state index in [1.165, 1.54) is 25.7 Å². The van der Waals surface area contributed by atoms with Gasteiger partial charge in [-0.2, -0.15) is 0 Å². The summed E-state index contributed by atoms with van der Waals surface area (Å²) in [5.41, 5.74) is 2.68. The number of carbonyl (C=O) groups is 1. The van der Waals surface area contributed by atoms with Gasteiger partial charge in [-0.25, -0.2) is 0 Å². The van der Waals surface area contributed by atoms with Crippen LogP contribution in [0.5, 0.6) is 11.5 Å². The number of aryl methyl sites for hydroxylation is 2. The van der Waals surface area contributed by atoms with Gasteiger partial charge in [0.25, 0.3) is 0 Å². The van der Waals surface area contributed by atoms with Crippen molar-refractivity contribution in [3.63, 3.8) is 0 Å². The predicted molar refractivity (Wildman–Crippen MR) is 119 cm³/mol. The van der Waals surface area contributed by atoms with Crippen molar-refractivity contribution >= 4 is 12.0 Å². The fraction of sp³-hybridized carbons (Fsp3) is 0.520. The van der Waals surface area contributed by atoms with Gasteiger partial charge in [0.1, 0.15) is 12.4 Å². The summed E-state index contributed by atoms with van der Waals surface area (Å²) in [4.78, 5) is 15.0. The van der Waals surface area contributed by atoms with Crippen molar-refractivity contribution in [1.29, 1.82) is 0 Å². The first-order chi connectivity index (χ1) is 15.1. The van der Waals surface area contributed by atoms with Crippen LogP contribution in [0.3, 0.4) is 0 Å². The number of ether oxygens (including phenoxy) is 2. The Bertz CT molecular complexity index is 927. The molecule has 31 heavy (non-hydrogen) atoms. The summed E-state index contributed by atoms with van der Waals surface area (Å²) >= 11 is 0. The zero-order valence-electron chi connectivity index (χ0n) is 18.7. The number of fused-ring (bicyclic) bond motifs is 1. The molecule has 4 rings (SSSR count). The fourth-order valence-electron chi connectivity index (χ4n) is 4.93. The fourth-order valence-corrected chi connectivity index (χ4v) is 4.93. The highest BCUT2D eigenvalue weighted by Crippen LogP contribution is 2.35. The van der Waals surface area contributed by atoms with Crippen LogP contribution >= 0.6 is 0 Å². The molecule has 166 valence electrons. The van der Waals surface area contributed by atoms with Gasteiger partial charge in [-0.15, -0.1) is 0 Å². The van der Waals surface area contributed by atoms with Gasteiger partial charge in [0.2, 0.25) is 5.91 Å². The van der Waals surface area contributed by atoms with Crippen molar-refractivity contribution in [1.82, 2.24) is 10.1 Å². The number of methoxy groups -OCH3 is 1. The van der Waals surface area contributed by atoms with E-state index in [0.29, 0.717) is 30.1 Å².